The van der Waals surface area contributed by atoms with E-state index in [1.165, 1.54) is 5.56 Å². The van der Waals surface area contributed by atoms with Crippen LogP contribution < -0.4 is 10.2 Å². The molecule has 1 N–H and O–H groups in total. The lowest BCUT2D eigenvalue weighted by molar-refractivity contribution is -0.130. The first-order valence-electron chi connectivity index (χ1n) is 10.5. The first kappa shape index (κ1) is 20.1. The summed E-state index contributed by atoms with van der Waals surface area (Å²) < 4.78 is 5.42. The highest BCUT2D eigenvalue weighted by molar-refractivity contribution is 5.98. The van der Waals surface area contributed by atoms with Gasteiger partial charge in [0.25, 0.3) is 5.91 Å². The van der Waals surface area contributed by atoms with Gasteiger partial charge in [-0.1, -0.05) is 30.3 Å². The average molecular weight is 406 g/mol. The number of aryl methyl sites for hydroxylation is 1. The van der Waals surface area contributed by atoms with Gasteiger partial charge < -0.3 is 15.0 Å². The number of ether oxygens (including phenoxy) is 1. The van der Waals surface area contributed by atoms with Gasteiger partial charge >= 0.3 is 5.97 Å². The van der Waals surface area contributed by atoms with E-state index in [1.54, 1.807) is 36.1 Å². The van der Waals surface area contributed by atoms with E-state index in [2.05, 4.69) is 11.4 Å². The topological polar surface area (TPSA) is 75.7 Å². The Kier molecular flexibility index (Phi) is 5.84. The first-order chi connectivity index (χ1) is 14.5. The number of fused-ring (bicyclic) bond motifs is 1. The maximum Gasteiger partial charge on any atom is 0.338 e. The standard InChI is InChI=1S/C24H26N2O4/c1-16(23(28)25-21-12-5-8-17-7-2-3-11-20(17)21)30-24(29)18-9-4-10-19(15-18)26-14-6-13-22(26)27/h2-4,7,9-11,15-16,21H,5-6,8,12-14H2,1H3,(H,25,28)/t16-,21-/m0/s1. The lowest BCUT2D eigenvalue weighted by Crippen LogP contribution is -2.39. The first-order valence-corrected chi connectivity index (χ1v) is 10.5. The Balaban J connectivity index is 1.39. The van der Waals surface area contributed by atoms with Crippen LogP contribution in [0.2, 0.25) is 0 Å². The van der Waals surface area contributed by atoms with Gasteiger partial charge in [-0.05, 0) is 61.9 Å². The van der Waals surface area contributed by atoms with Gasteiger partial charge in [-0.2, -0.15) is 0 Å². The zero-order valence-electron chi connectivity index (χ0n) is 17.1. The summed E-state index contributed by atoms with van der Waals surface area (Å²) in [4.78, 5) is 38.9. The van der Waals surface area contributed by atoms with Crippen molar-refractivity contribution in [2.75, 3.05) is 11.4 Å². The van der Waals surface area contributed by atoms with E-state index in [0.29, 0.717) is 24.2 Å². The molecular formula is C24H26N2O4. The van der Waals surface area contributed by atoms with E-state index in [4.69, 9.17) is 4.74 Å². The molecule has 1 saturated heterocycles. The third kappa shape index (κ3) is 4.22. The van der Waals surface area contributed by atoms with E-state index >= 15 is 0 Å². The summed E-state index contributed by atoms with van der Waals surface area (Å²) in [6.07, 6.45) is 3.32. The number of amides is 2. The van der Waals surface area contributed by atoms with Crippen LogP contribution in [-0.4, -0.2) is 30.4 Å². The second-order valence-corrected chi connectivity index (χ2v) is 7.90. The highest BCUT2D eigenvalue weighted by Crippen LogP contribution is 2.29. The zero-order valence-corrected chi connectivity index (χ0v) is 17.1. The Labute approximate surface area is 176 Å². The van der Waals surface area contributed by atoms with Crippen LogP contribution in [0.3, 0.4) is 0 Å². The van der Waals surface area contributed by atoms with Gasteiger partial charge in [-0.3, -0.25) is 9.59 Å². The molecule has 1 aliphatic heterocycles. The molecule has 2 aliphatic rings. The van der Waals surface area contributed by atoms with Crippen molar-refractivity contribution in [3.63, 3.8) is 0 Å². The molecule has 1 fully saturated rings. The van der Waals surface area contributed by atoms with Crippen molar-refractivity contribution >= 4 is 23.5 Å². The Morgan fingerprint density at radius 3 is 2.73 bits per heavy atom. The molecule has 2 amide bonds. The lowest BCUT2D eigenvalue weighted by atomic mass is 9.87. The Morgan fingerprint density at radius 1 is 1.10 bits per heavy atom. The summed E-state index contributed by atoms with van der Waals surface area (Å²) in [7, 11) is 0. The number of hydrogen-bond acceptors (Lipinski definition) is 4. The van der Waals surface area contributed by atoms with Crippen LogP contribution in [0.25, 0.3) is 0 Å². The average Bonchev–Trinajstić information content (AvgIpc) is 3.20. The molecule has 1 aliphatic carbocycles. The second kappa shape index (κ2) is 8.69. The number of anilines is 1. The minimum atomic E-state index is -0.913. The fourth-order valence-electron chi connectivity index (χ4n) is 4.20. The van der Waals surface area contributed by atoms with Gasteiger partial charge in [0.15, 0.2) is 6.10 Å². The SMILES string of the molecule is C[C@H](OC(=O)c1cccc(N2CCCC2=O)c1)C(=O)N[C@H]1CCCc2ccccc21. The van der Waals surface area contributed by atoms with Gasteiger partial charge in [0.05, 0.1) is 11.6 Å². The van der Waals surface area contributed by atoms with E-state index in [1.807, 2.05) is 18.2 Å². The number of nitrogens with one attached hydrogen (secondary N) is 1. The summed E-state index contributed by atoms with van der Waals surface area (Å²) in [6, 6.07) is 14.9. The van der Waals surface area contributed by atoms with Crippen LogP contribution in [0, 0.1) is 0 Å². The van der Waals surface area contributed by atoms with Crippen molar-refractivity contribution in [2.24, 2.45) is 0 Å². The smallest absolute Gasteiger partial charge is 0.338 e. The number of nitrogens with zero attached hydrogens (tertiary/aromatic N) is 1. The Morgan fingerprint density at radius 2 is 1.93 bits per heavy atom. The molecule has 1 heterocycles. The molecule has 6 heteroatoms. The van der Waals surface area contributed by atoms with Crippen LogP contribution in [-0.2, 0) is 20.7 Å². The number of carbonyl (C=O) groups excluding carboxylic acids is 3. The molecule has 4 rings (SSSR count). The predicted octanol–water partition coefficient (Wildman–Crippen LogP) is 3.55. The quantitative estimate of drug-likeness (QED) is 0.771. The van der Waals surface area contributed by atoms with Gasteiger partial charge in [0, 0.05) is 18.7 Å². The molecule has 0 radical (unpaired) electrons. The lowest BCUT2D eigenvalue weighted by Gasteiger charge is -2.27. The monoisotopic (exact) mass is 406 g/mol. The molecule has 2 atom stereocenters. The molecule has 0 saturated carbocycles. The van der Waals surface area contributed by atoms with E-state index < -0.39 is 12.1 Å². The summed E-state index contributed by atoms with van der Waals surface area (Å²) >= 11 is 0. The van der Waals surface area contributed by atoms with Crippen molar-refractivity contribution in [3.8, 4) is 0 Å². The molecule has 6 nitrogen and oxygen atoms in total. The zero-order chi connectivity index (χ0) is 21.1. The predicted molar refractivity (Wildman–Crippen MR) is 113 cm³/mol. The van der Waals surface area contributed by atoms with Crippen LogP contribution >= 0.6 is 0 Å². The Hall–Kier alpha value is -3.15. The number of benzene rings is 2. The van der Waals surface area contributed by atoms with Crippen molar-refractivity contribution in [1.29, 1.82) is 0 Å². The van der Waals surface area contributed by atoms with Crippen LogP contribution in [0.5, 0.6) is 0 Å². The third-order valence-electron chi connectivity index (χ3n) is 5.81. The maximum absolute atomic E-state index is 12.7. The van der Waals surface area contributed by atoms with Gasteiger partial charge in [0.1, 0.15) is 0 Å². The van der Waals surface area contributed by atoms with Crippen LogP contribution in [0.4, 0.5) is 5.69 Å². The van der Waals surface area contributed by atoms with Crippen molar-refractivity contribution in [1.82, 2.24) is 5.32 Å². The summed E-state index contributed by atoms with van der Waals surface area (Å²) in [6.45, 7) is 2.23. The fraction of sp³-hybridized carbons (Fsp3) is 0.375. The molecule has 2 aromatic rings. The van der Waals surface area contributed by atoms with E-state index in [-0.39, 0.29) is 17.9 Å². The highest BCUT2D eigenvalue weighted by Gasteiger charge is 2.26. The molecule has 0 unspecified atom stereocenters. The number of rotatable bonds is 5. The molecule has 0 bridgehead atoms. The second-order valence-electron chi connectivity index (χ2n) is 7.90. The number of hydrogen-bond donors (Lipinski definition) is 1. The summed E-state index contributed by atoms with van der Waals surface area (Å²) in [5, 5.41) is 3.02. The summed E-state index contributed by atoms with van der Waals surface area (Å²) in [5.41, 5.74) is 3.41. The van der Waals surface area contributed by atoms with Crippen molar-refractivity contribution in [2.45, 2.75) is 51.2 Å². The molecule has 0 spiro atoms. The molecule has 156 valence electrons. The van der Waals surface area contributed by atoms with Crippen molar-refractivity contribution in [3.05, 3.63) is 65.2 Å². The van der Waals surface area contributed by atoms with Crippen LogP contribution in [0.15, 0.2) is 48.5 Å². The van der Waals surface area contributed by atoms with E-state index in [9.17, 15) is 14.4 Å². The summed E-state index contributed by atoms with van der Waals surface area (Å²) in [5.74, 6) is -0.827. The number of esters is 1. The largest absolute Gasteiger partial charge is 0.449 e. The van der Waals surface area contributed by atoms with Crippen LogP contribution in [0.1, 0.15) is 60.1 Å². The number of carbonyl (C=O) groups is 3. The maximum atomic E-state index is 12.7. The highest BCUT2D eigenvalue weighted by atomic mass is 16.5. The normalized spacial score (nSPS) is 19.2. The molecular weight excluding hydrogens is 380 g/mol. The van der Waals surface area contributed by atoms with Gasteiger partial charge in [-0.15, -0.1) is 0 Å². The minimum absolute atomic E-state index is 0.0565. The van der Waals surface area contributed by atoms with Gasteiger partial charge in [0.2, 0.25) is 5.91 Å². The van der Waals surface area contributed by atoms with E-state index in [0.717, 1.165) is 31.2 Å². The van der Waals surface area contributed by atoms with Gasteiger partial charge in [-0.25, -0.2) is 4.79 Å². The molecule has 0 aromatic heterocycles. The molecule has 2 aromatic carbocycles. The van der Waals surface area contributed by atoms with Crippen molar-refractivity contribution < 1.29 is 19.1 Å². The fourth-order valence-corrected chi connectivity index (χ4v) is 4.20. The minimum Gasteiger partial charge on any atom is -0.449 e. The third-order valence-corrected chi connectivity index (χ3v) is 5.81. The Bertz CT molecular complexity index is 971. The molecule has 30 heavy (non-hydrogen) atoms.